The summed E-state index contributed by atoms with van der Waals surface area (Å²) in [7, 11) is 1.22. The molecule has 0 N–H and O–H groups in total. The molecule has 1 aromatic carbocycles. The van der Waals surface area contributed by atoms with Crippen molar-refractivity contribution in [2.45, 2.75) is 12.8 Å². The van der Waals surface area contributed by atoms with E-state index in [1.165, 1.54) is 25.4 Å². The summed E-state index contributed by atoms with van der Waals surface area (Å²) >= 11 is 0. The summed E-state index contributed by atoms with van der Waals surface area (Å²) in [5.74, 6) is -1.78. The van der Waals surface area contributed by atoms with E-state index in [0.29, 0.717) is 5.56 Å². The van der Waals surface area contributed by atoms with Crippen LogP contribution in [-0.2, 0) is 17.5 Å². The van der Waals surface area contributed by atoms with Gasteiger partial charge < -0.3 is 14.0 Å². The van der Waals surface area contributed by atoms with Gasteiger partial charge in [0.05, 0.1) is 18.2 Å². The molecule has 0 aliphatic carbocycles. The summed E-state index contributed by atoms with van der Waals surface area (Å²) in [4.78, 5) is 15.3. The fourth-order valence-electron chi connectivity index (χ4n) is 2.34. The lowest BCUT2D eigenvalue weighted by Gasteiger charge is -2.09. The number of aromatic nitrogens is 2. The number of carbonyl (C=O) groups excluding carboxylic acids is 1. The molecule has 2 heterocycles. The Hall–Kier alpha value is -3.36. The molecule has 0 bridgehead atoms. The Labute approximate surface area is 151 Å². The quantitative estimate of drug-likeness (QED) is 0.622. The summed E-state index contributed by atoms with van der Waals surface area (Å²) in [5.41, 5.74) is 0.446. The second-order valence-electron chi connectivity index (χ2n) is 5.37. The lowest BCUT2D eigenvalue weighted by Crippen LogP contribution is -2.09. The molecule has 0 unspecified atom stereocenters. The van der Waals surface area contributed by atoms with Crippen LogP contribution in [0.4, 0.5) is 13.2 Å². The summed E-state index contributed by atoms with van der Waals surface area (Å²) < 4.78 is 54.1. The van der Waals surface area contributed by atoms with Gasteiger partial charge in [-0.15, -0.1) is 0 Å². The molecule has 0 aliphatic heterocycles. The third-order valence-corrected chi connectivity index (χ3v) is 3.61. The first-order valence-corrected chi connectivity index (χ1v) is 7.68. The van der Waals surface area contributed by atoms with Crippen molar-refractivity contribution in [3.63, 3.8) is 0 Å². The molecule has 140 valence electrons. The number of methoxy groups -OCH3 is 1. The lowest BCUT2D eigenvalue weighted by atomic mass is 10.1. The van der Waals surface area contributed by atoms with Crippen LogP contribution < -0.4 is 4.74 Å². The van der Waals surface area contributed by atoms with Gasteiger partial charge in [0.1, 0.15) is 12.3 Å². The second kappa shape index (κ2) is 7.48. The summed E-state index contributed by atoms with van der Waals surface area (Å²) in [5, 5.41) is 3.56. The molecule has 0 amide bonds. The van der Waals surface area contributed by atoms with Crippen molar-refractivity contribution in [2.24, 2.45) is 0 Å². The number of halogens is 3. The zero-order chi connectivity index (χ0) is 19.4. The number of carbonyl (C=O) groups is 1. The molecular formula is C18H13F3N2O4. The Morgan fingerprint density at radius 1 is 1.15 bits per heavy atom. The van der Waals surface area contributed by atoms with Gasteiger partial charge in [-0.3, -0.25) is 0 Å². The number of esters is 1. The lowest BCUT2D eigenvalue weighted by molar-refractivity contribution is -0.156. The summed E-state index contributed by atoms with van der Waals surface area (Å²) in [6.45, 7) is -0.465. The largest absolute Gasteiger partial charge is 0.473 e. The van der Waals surface area contributed by atoms with Crippen LogP contribution in [0.2, 0.25) is 0 Å². The molecule has 0 aliphatic rings. The summed E-state index contributed by atoms with van der Waals surface area (Å²) in [6, 6.07) is 11.1. The standard InChI is InChI=1S/C18H13F3N2O4/c1-25-17(24)12-7-8-14(22-9-12)26-10-13-15(11-5-3-2-4-6-11)23-27-16(13)18(19,20)21/h2-9H,10H2,1H3. The maximum absolute atomic E-state index is 13.2. The first-order valence-electron chi connectivity index (χ1n) is 7.68. The van der Waals surface area contributed by atoms with E-state index in [1.54, 1.807) is 30.3 Å². The fraction of sp³-hybridized carbons (Fsp3) is 0.167. The van der Waals surface area contributed by atoms with Crippen LogP contribution in [0, 0.1) is 0 Å². The van der Waals surface area contributed by atoms with Gasteiger partial charge in [-0.1, -0.05) is 35.5 Å². The number of hydrogen-bond donors (Lipinski definition) is 0. The number of benzene rings is 1. The second-order valence-corrected chi connectivity index (χ2v) is 5.37. The average molecular weight is 378 g/mol. The van der Waals surface area contributed by atoms with E-state index >= 15 is 0 Å². The minimum absolute atomic E-state index is 0.0362. The molecule has 0 radical (unpaired) electrons. The first kappa shape index (κ1) is 18.4. The maximum atomic E-state index is 13.2. The Kier molecular flexibility index (Phi) is 5.11. The van der Waals surface area contributed by atoms with Crippen LogP contribution in [0.5, 0.6) is 5.88 Å². The smallest absolute Gasteiger partial charge is 0.452 e. The van der Waals surface area contributed by atoms with E-state index in [-0.39, 0.29) is 22.7 Å². The highest BCUT2D eigenvalue weighted by molar-refractivity contribution is 5.88. The number of rotatable bonds is 5. The Morgan fingerprint density at radius 2 is 1.89 bits per heavy atom. The van der Waals surface area contributed by atoms with Crippen molar-refractivity contribution in [2.75, 3.05) is 7.11 Å². The fourth-order valence-corrected chi connectivity index (χ4v) is 2.34. The normalized spacial score (nSPS) is 11.3. The topological polar surface area (TPSA) is 74.5 Å². The van der Waals surface area contributed by atoms with E-state index in [2.05, 4.69) is 19.4 Å². The van der Waals surface area contributed by atoms with Gasteiger partial charge in [-0.05, 0) is 6.07 Å². The van der Waals surface area contributed by atoms with Gasteiger partial charge in [-0.2, -0.15) is 13.2 Å². The molecule has 3 aromatic rings. The van der Waals surface area contributed by atoms with Crippen LogP contribution in [0.15, 0.2) is 53.2 Å². The minimum atomic E-state index is -4.72. The number of ether oxygens (including phenoxy) is 2. The van der Waals surface area contributed by atoms with E-state index in [1.807, 2.05) is 0 Å². The SMILES string of the molecule is COC(=O)c1ccc(OCc2c(-c3ccccc3)noc2C(F)(F)F)nc1. The summed E-state index contributed by atoms with van der Waals surface area (Å²) in [6.07, 6.45) is -3.52. The number of alkyl halides is 3. The molecule has 0 atom stereocenters. The molecule has 9 heteroatoms. The Balaban J connectivity index is 1.87. The average Bonchev–Trinajstić information content (AvgIpc) is 3.11. The Bertz CT molecular complexity index is 922. The third kappa shape index (κ3) is 4.08. The van der Waals surface area contributed by atoms with Crippen LogP contribution in [0.3, 0.4) is 0 Å². The van der Waals surface area contributed by atoms with E-state index in [0.717, 1.165) is 0 Å². The predicted molar refractivity (Wildman–Crippen MR) is 86.8 cm³/mol. The molecule has 0 saturated heterocycles. The van der Waals surface area contributed by atoms with Crippen LogP contribution >= 0.6 is 0 Å². The highest BCUT2D eigenvalue weighted by Crippen LogP contribution is 2.37. The van der Waals surface area contributed by atoms with Crippen LogP contribution in [-0.4, -0.2) is 23.2 Å². The zero-order valence-electron chi connectivity index (χ0n) is 14.0. The van der Waals surface area contributed by atoms with Gasteiger partial charge in [0.25, 0.3) is 0 Å². The van der Waals surface area contributed by atoms with Gasteiger partial charge >= 0.3 is 12.1 Å². The van der Waals surface area contributed by atoms with Crippen LogP contribution in [0.25, 0.3) is 11.3 Å². The molecule has 2 aromatic heterocycles. The monoisotopic (exact) mass is 378 g/mol. The van der Waals surface area contributed by atoms with Crippen molar-refractivity contribution >= 4 is 5.97 Å². The van der Waals surface area contributed by atoms with E-state index in [9.17, 15) is 18.0 Å². The predicted octanol–water partition coefficient (Wildman–Crippen LogP) is 4.12. The van der Waals surface area contributed by atoms with Gasteiger partial charge in [0, 0.05) is 17.8 Å². The third-order valence-electron chi connectivity index (χ3n) is 3.61. The highest BCUT2D eigenvalue weighted by Gasteiger charge is 2.40. The van der Waals surface area contributed by atoms with Gasteiger partial charge in [0.15, 0.2) is 0 Å². The molecule has 0 saturated carbocycles. The van der Waals surface area contributed by atoms with Gasteiger partial charge in [-0.25, -0.2) is 9.78 Å². The molecule has 0 fully saturated rings. The number of nitrogens with zero attached hydrogens (tertiary/aromatic N) is 2. The molecule has 0 spiro atoms. The van der Waals surface area contributed by atoms with Crippen LogP contribution in [0.1, 0.15) is 21.7 Å². The molecule has 6 nitrogen and oxygen atoms in total. The highest BCUT2D eigenvalue weighted by atomic mass is 19.4. The molecular weight excluding hydrogens is 365 g/mol. The van der Waals surface area contributed by atoms with Crippen molar-refractivity contribution in [1.29, 1.82) is 0 Å². The molecule has 27 heavy (non-hydrogen) atoms. The number of pyridine rings is 1. The van der Waals surface area contributed by atoms with E-state index < -0.39 is 24.5 Å². The number of hydrogen-bond acceptors (Lipinski definition) is 6. The van der Waals surface area contributed by atoms with Crippen molar-refractivity contribution in [3.8, 4) is 17.1 Å². The minimum Gasteiger partial charge on any atom is -0.473 e. The maximum Gasteiger partial charge on any atom is 0.452 e. The zero-order valence-corrected chi connectivity index (χ0v) is 14.0. The van der Waals surface area contributed by atoms with Crippen molar-refractivity contribution in [3.05, 3.63) is 65.5 Å². The van der Waals surface area contributed by atoms with Crippen molar-refractivity contribution < 1.29 is 32.0 Å². The van der Waals surface area contributed by atoms with Gasteiger partial charge in [0.2, 0.25) is 11.6 Å². The Morgan fingerprint density at radius 3 is 2.48 bits per heavy atom. The van der Waals surface area contributed by atoms with E-state index in [4.69, 9.17) is 4.74 Å². The first-order chi connectivity index (χ1) is 12.9. The molecule has 3 rings (SSSR count). The van der Waals surface area contributed by atoms with Crippen molar-refractivity contribution in [1.82, 2.24) is 10.1 Å².